The molecule has 0 N–H and O–H groups in total. The standard InChI is InChI=1S/C24H24F3NO4/c25-24(26,27)32-21-8-4-7-17(11-21)12-22(29)18-13-19-9-10-20(14-18)28(19)23(30)31-15-16-5-2-1-3-6-16/h1-8,11,18-20H,9-10,12-15H2. The van der Waals surface area contributed by atoms with Crippen LogP contribution in [-0.2, 0) is 22.6 Å². The Morgan fingerprint density at radius 2 is 1.59 bits per heavy atom. The van der Waals surface area contributed by atoms with E-state index in [1.165, 1.54) is 18.2 Å². The summed E-state index contributed by atoms with van der Waals surface area (Å²) in [7, 11) is 0. The van der Waals surface area contributed by atoms with Crippen molar-refractivity contribution >= 4 is 11.9 Å². The van der Waals surface area contributed by atoms with Crippen LogP contribution < -0.4 is 4.74 Å². The molecule has 0 spiro atoms. The van der Waals surface area contributed by atoms with Crippen molar-refractivity contribution in [2.24, 2.45) is 5.92 Å². The quantitative estimate of drug-likeness (QED) is 0.605. The fraction of sp³-hybridized carbons (Fsp3) is 0.417. The Morgan fingerprint density at radius 3 is 2.25 bits per heavy atom. The number of nitrogens with zero attached hydrogens (tertiary/aromatic N) is 1. The number of Topliss-reactive ketones (excluding diaryl/α,β-unsaturated/α-hetero) is 1. The summed E-state index contributed by atoms with van der Waals surface area (Å²) in [6, 6.07) is 14.9. The van der Waals surface area contributed by atoms with Crippen molar-refractivity contribution in [3.05, 3.63) is 65.7 Å². The van der Waals surface area contributed by atoms with Gasteiger partial charge < -0.3 is 14.4 Å². The monoisotopic (exact) mass is 447 g/mol. The number of fused-ring (bicyclic) bond motifs is 2. The van der Waals surface area contributed by atoms with Gasteiger partial charge in [-0.3, -0.25) is 4.79 Å². The summed E-state index contributed by atoms with van der Waals surface area (Å²) in [5.41, 5.74) is 1.39. The van der Waals surface area contributed by atoms with E-state index in [4.69, 9.17) is 4.74 Å². The Balaban J connectivity index is 1.33. The van der Waals surface area contributed by atoms with Gasteiger partial charge in [-0.2, -0.15) is 0 Å². The minimum absolute atomic E-state index is 0.0247. The lowest BCUT2D eigenvalue weighted by Crippen LogP contribution is -2.48. The zero-order valence-electron chi connectivity index (χ0n) is 17.4. The number of alkyl halides is 3. The first-order chi connectivity index (χ1) is 15.3. The summed E-state index contributed by atoms with van der Waals surface area (Å²) in [6.45, 7) is 0.203. The van der Waals surface area contributed by atoms with Crippen molar-refractivity contribution in [2.75, 3.05) is 0 Å². The number of ketones is 1. The van der Waals surface area contributed by atoms with E-state index in [9.17, 15) is 22.8 Å². The summed E-state index contributed by atoms with van der Waals surface area (Å²) in [6.07, 6.45) is -2.35. The maximum atomic E-state index is 12.9. The predicted octanol–water partition coefficient (Wildman–Crippen LogP) is 5.28. The second-order valence-corrected chi connectivity index (χ2v) is 8.34. The molecule has 2 aliphatic rings. The minimum atomic E-state index is -4.77. The van der Waals surface area contributed by atoms with Gasteiger partial charge >= 0.3 is 12.5 Å². The van der Waals surface area contributed by atoms with E-state index in [0.29, 0.717) is 18.4 Å². The van der Waals surface area contributed by atoms with E-state index in [2.05, 4.69) is 4.74 Å². The number of ether oxygens (including phenoxy) is 2. The highest BCUT2D eigenvalue weighted by atomic mass is 19.4. The van der Waals surface area contributed by atoms with Crippen LogP contribution in [-0.4, -0.2) is 35.2 Å². The van der Waals surface area contributed by atoms with Gasteiger partial charge in [-0.25, -0.2) is 4.79 Å². The van der Waals surface area contributed by atoms with Gasteiger partial charge in [0.25, 0.3) is 0 Å². The normalized spacial score (nSPS) is 22.5. The number of amides is 1. The molecule has 0 aromatic heterocycles. The van der Waals surface area contributed by atoms with Crippen LogP contribution >= 0.6 is 0 Å². The number of halogens is 3. The van der Waals surface area contributed by atoms with Crippen LogP contribution in [0.25, 0.3) is 0 Å². The SMILES string of the molecule is O=C(Cc1cccc(OC(F)(F)F)c1)C1CC2CCC(C1)N2C(=O)OCc1ccccc1. The molecule has 0 aliphatic carbocycles. The summed E-state index contributed by atoms with van der Waals surface area (Å²) < 4.78 is 46.8. The van der Waals surface area contributed by atoms with Gasteiger partial charge in [0.2, 0.25) is 0 Å². The van der Waals surface area contributed by atoms with Crippen LogP contribution in [0, 0.1) is 5.92 Å². The molecule has 2 aromatic carbocycles. The molecule has 2 atom stereocenters. The fourth-order valence-electron chi connectivity index (χ4n) is 4.73. The molecule has 2 bridgehead atoms. The first-order valence-corrected chi connectivity index (χ1v) is 10.6. The first kappa shape index (κ1) is 22.2. The van der Waals surface area contributed by atoms with Crippen LogP contribution in [0.4, 0.5) is 18.0 Å². The lowest BCUT2D eigenvalue weighted by atomic mass is 9.85. The first-order valence-electron chi connectivity index (χ1n) is 10.6. The molecule has 5 nitrogen and oxygen atoms in total. The van der Waals surface area contributed by atoms with E-state index in [1.807, 2.05) is 30.3 Å². The van der Waals surface area contributed by atoms with Gasteiger partial charge in [-0.15, -0.1) is 13.2 Å². The number of benzene rings is 2. The Hall–Kier alpha value is -3.03. The Labute approximate surface area is 184 Å². The molecule has 0 radical (unpaired) electrons. The molecule has 170 valence electrons. The van der Waals surface area contributed by atoms with Crippen LogP contribution in [0.2, 0.25) is 0 Å². The highest BCUT2D eigenvalue weighted by molar-refractivity contribution is 5.84. The van der Waals surface area contributed by atoms with Crippen molar-refractivity contribution in [3.8, 4) is 5.75 Å². The Kier molecular flexibility index (Phi) is 6.39. The van der Waals surface area contributed by atoms with Crippen LogP contribution in [0.15, 0.2) is 54.6 Å². The fourth-order valence-corrected chi connectivity index (χ4v) is 4.73. The molecule has 2 saturated heterocycles. The molecule has 0 saturated carbocycles. The summed E-state index contributed by atoms with van der Waals surface area (Å²) in [5, 5.41) is 0. The van der Waals surface area contributed by atoms with Gasteiger partial charge in [0.15, 0.2) is 0 Å². The average Bonchev–Trinajstić information content (AvgIpc) is 3.01. The van der Waals surface area contributed by atoms with Crippen LogP contribution in [0.1, 0.15) is 36.8 Å². The highest BCUT2D eigenvalue weighted by Gasteiger charge is 2.45. The molecule has 1 amide bonds. The number of rotatable bonds is 6. The van der Waals surface area contributed by atoms with Crippen molar-refractivity contribution in [1.82, 2.24) is 4.90 Å². The molecular formula is C24H24F3NO4. The summed E-state index contributed by atoms with van der Waals surface area (Å²) in [4.78, 5) is 27.3. The summed E-state index contributed by atoms with van der Waals surface area (Å²) >= 11 is 0. The van der Waals surface area contributed by atoms with Crippen molar-refractivity contribution in [1.29, 1.82) is 0 Å². The van der Waals surface area contributed by atoms with Gasteiger partial charge in [0.1, 0.15) is 18.1 Å². The smallest absolute Gasteiger partial charge is 0.445 e. The molecule has 2 heterocycles. The van der Waals surface area contributed by atoms with Gasteiger partial charge in [0, 0.05) is 24.4 Å². The topological polar surface area (TPSA) is 55.8 Å². The predicted molar refractivity (Wildman–Crippen MR) is 110 cm³/mol. The molecule has 2 unspecified atom stereocenters. The molecule has 32 heavy (non-hydrogen) atoms. The number of carbonyl (C=O) groups is 2. The second kappa shape index (κ2) is 9.22. The van der Waals surface area contributed by atoms with Gasteiger partial charge in [0.05, 0.1) is 0 Å². The second-order valence-electron chi connectivity index (χ2n) is 8.34. The zero-order valence-corrected chi connectivity index (χ0v) is 17.4. The summed E-state index contributed by atoms with van der Waals surface area (Å²) in [5.74, 6) is -0.583. The van der Waals surface area contributed by atoms with Crippen molar-refractivity contribution in [3.63, 3.8) is 0 Å². The third-order valence-corrected chi connectivity index (χ3v) is 6.11. The highest BCUT2D eigenvalue weighted by Crippen LogP contribution is 2.40. The van der Waals surface area contributed by atoms with E-state index in [0.717, 1.165) is 18.4 Å². The van der Waals surface area contributed by atoms with Gasteiger partial charge in [-0.1, -0.05) is 42.5 Å². The van der Waals surface area contributed by atoms with E-state index in [1.54, 1.807) is 11.0 Å². The minimum Gasteiger partial charge on any atom is -0.445 e. The lowest BCUT2D eigenvalue weighted by Gasteiger charge is -2.37. The maximum Gasteiger partial charge on any atom is 0.573 e. The molecular weight excluding hydrogens is 423 g/mol. The number of hydrogen-bond acceptors (Lipinski definition) is 4. The number of hydrogen-bond donors (Lipinski definition) is 0. The molecule has 8 heteroatoms. The van der Waals surface area contributed by atoms with E-state index in [-0.39, 0.29) is 48.7 Å². The Morgan fingerprint density at radius 1 is 0.938 bits per heavy atom. The van der Waals surface area contributed by atoms with Crippen LogP contribution in [0.5, 0.6) is 5.75 Å². The lowest BCUT2D eigenvalue weighted by molar-refractivity contribution is -0.274. The number of carbonyl (C=O) groups excluding carboxylic acids is 2. The van der Waals surface area contributed by atoms with E-state index >= 15 is 0 Å². The largest absolute Gasteiger partial charge is 0.573 e. The van der Waals surface area contributed by atoms with E-state index < -0.39 is 6.36 Å². The zero-order chi connectivity index (χ0) is 22.7. The van der Waals surface area contributed by atoms with Crippen molar-refractivity contribution in [2.45, 2.75) is 57.2 Å². The molecule has 2 aliphatic heterocycles. The van der Waals surface area contributed by atoms with Crippen molar-refractivity contribution < 1.29 is 32.2 Å². The Bertz CT molecular complexity index is 949. The molecule has 4 rings (SSSR count). The third-order valence-electron chi connectivity index (χ3n) is 6.11. The third kappa shape index (κ3) is 5.41. The maximum absolute atomic E-state index is 12.9. The van der Waals surface area contributed by atoms with Crippen LogP contribution in [0.3, 0.4) is 0 Å². The number of piperidine rings is 1. The average molecular weight is 447 g/mol. The molecule has 2 aromatic rings. The van der Waals surface area contributed by atoms with Gasteiger partial charge in [-0.05, 0) is 48.9 Å². The molecule has 2 fully saturated rings.